The Morgan fingerprint density at radius 1 is 1.20 bits per heavy atom. The van der Waals surface area contributed by atoms with Crippen molar-refractivity contribution in [2.75, 3.05) is 0 Å². The molecule has 0 radical (unpaired) electrons. The van der Waals surface area contributed by atoms with Gasteiger partial charge in [0.2, 0.25) is 0 Å². The molecule has 0 aliphatic heterocycles. The maximum absolute atomic E-state index is 3.89. The molecule has 4 heteroatoms. The third-order valence-corrected chi connectivity index (χ3v) is 1.86. The van der Waals surface area contributed by atoms with Gasteiger partial charge in [-0.05, 0) is 23.7 Å². The molecule has 0 fully saturated rings. The SMILES string of the molecule is F.c1ccc2snnc2c1. The summed E-state index contributed by atoms with van der Waals surface area (Å²) in [6, 6.07) is 7.92. The Balaban J connectivity index is 0.000000500. The van der Waals surface area contributed by atoms with Crippen LogP contribution in [0.15, 0.2) is 24.3 Å². The number of fused-ring (bicyclic) bond motifs is 1. The minimum atomic E-state index is 0. The van der Waals surface area contributed by atoms with Gasteiger partial charge in [-0.15, -0.1) is 5.10 Å². The highest BCUT2D eigenvalue weighted by molar-refractivity contribution is 7.12. The minimum Gasteiger partial charge on any atom is -0.269 e. The number of benzene rings is 1. The van der Waals surface area contributed by atoms with Gasteiger partial charge in [-0.25, -0.2) is 0 Å². The van der Waals surface area contributed by atoms with Gasteiger partial charge in [-0.1, -0.05) is 16.6 Å². The lowest BCUT2D eigenvalue weighted by Gasteiger charge is -1.78. The van der Waals surface area contributed by atoms with Crippen LogP contribution in [0.5, 0.6) is 0 Å². The second kappa shape index (κ2) is 2.70. The Bertz CT molecular complexity index is 290. The number of hydrogen-bond acceptors (Lipinski definition) is 3. The zero-order valence-electron chi connectivity index (χ0n) is 5.02. The van der Waals surface area contributed by atoms with Crippen LogP contribution in [-0.2, 0) is 0 Å². The van der Waals surface area contributed by atoms with Crippen LogP contribution in [0.2, 0.25) is 0 Å². The second-order valence-corrected chi connectivity index (χ2v) is 2.53. The summed E-state index contributed by atoms with van der Waals surface area (Å²) in [4.78, 5) is 0. The van der Waals surface area contributed by atoms with Crippen LogP contribution in [0.25, 0.3) is 10.2 Å². The van der Waals surface area contributed by atoms with E-state index in [1.54, 1.807) is 0 Å². The summed E-state index contributed by atoms with van der Waals surface area (Å²) in [6.07, 6.45) is 0. The molecule has 10 heavy (non-hydrogen) atoms. The standard InChI is InChI=1S/C6H4N2S.FH/c1-2-4-6-5(3-1)7-8-9-6;/h1-4H;1H. The topological polar surface area (TPSA) is 25.8 Å². The van der Waals surface area contributed by atoms with Crippen LogP contribution >= 0.6 is 11.5 Å². The fourth-order valence-corrected chi connectivity index (χ4v) is 1.28. The molecular weight excluding hydrogens is 151 g/mol. The minimum absolute atomic E-state index is 0. The monoisotopic (exact) mass is 156 g/mol. The van der Waals surface area contributed by atoms with Gasteiger partial charge in [0.05, 0.1) is 4.70 Å². The van der Waals surface area contributed by atoms with Crippen LogP contribution in [-0.4, -0.2) is 9.59 Å². The van der Waals surface area contributed by atoms with E-state index in [4.69, 9.17) is 0 Å². The summed E-state index contributed by atoms with van der Waals surface area (Å²) in [7, 11) is 0. The average Bonchev–Trinajstić information content (AvgIpc) is 2.33. The Morgan fingerprint density at radius 3 is 2.80 bits per heavy atom. The molecule has 0 atom stereocenters. The summed E-state index contributed by atoms with van der Waals surface area (Å²) >= 11 is 1.43. The Morgan fingerprint density at radius 2 is 2.00 bits per heavy atom. The number of aromatic nitrogens is 2. The normalized spacial score (nSPS) is 9.20. The van der Waals surface area contributed by atoms with E-state index in [1.165, 1.54) is 11.5 Å². The van der Waals surface area contributed by atoms with Gasteiger partial charge < -0.3 is 0 Å². The van der Waals surface area contributed by atoms with Gasteiger partial charge in [0.25, 0.3) is 0 Å². The predicted molar refractivity (Wildman–Crippen MR) is 39.9 cm³/mol. The first-order valence-corrected chi connectivity index (χ1v) is 3.41. The highest BCUT2D eigenvalue weighted by atomic mass is 32.1. The third-order valence-electron chi connectivity index (χ3n) is 1.15. The first-order chi connectivity index (χ1) is 4.47. The van der Waals surface area contributed by atoms with Crippen LogP contribution < -0.4 is 0 Å². The predicted octanol–water partition coefficient (Wildman–Crippen LogP) is 1.84. The zero-order valence-corrected chi connectivity index (χ0v) is 5.84. The number of halogens is 1. The molecule has 0 aliphatic rings. The first-order valence-electron chi connectivity index (χ1n) is 2.64. The van der Waals surface area contributed by atoms with E-state index in [-0.39, 0.29) is 4.70 Å². The third kappa shape index (κ3) is 0.974. The lowest BCUT2D eigenvalue weighted by Crippen LogP contribution is -1.63. The van der Waals surface area contributed by atoms with Crippen LogP contribution in [0.4, 0.5) is 4.70 Å². The lowest BCUT2D eigenvalue weighted by atomic mass is 10.3. The largest absolute Gasteiger partial charge is 0.269 e. The number of nitrogens with zero attached hydrogens (tertiary/aromatic N) is 2. The van der Waals surface area contributed by atoms with Crippen LogP contribution in [0.1, 0.15) is 0 Å². The molecule has 0 N–H and O–H groups in total. The molecule has 2 aromatic rings. The maximum atomic E-state index is 3.89. The Kier molecular flexibility index (Phi) is 1.91. The summed E-state index contributed by atoms with van der Waals surface area (Å²) in [5, 5.41) is 3.89. The van der Waals surface area contributed by atoms with Crippen LogP contribution in [0.3, 0.4) is 0 Å². The van der Waals surface area contributed by atoms with Crippen molar-refractivity contribution < 1.29 is 4.70 Å². The molecule has 2 rings (SSSR count). The van der Waals surface area contributed by atoms with Crippen molar-refractivity contribution >= 4 is 21.7 Å². The quantitative estimate of drug-likeness (QED) is 0.581. The highest BCUT2D eigenvalue weighted by Crippen LogP contribution is 2.12. The van der Waals surface area contributed by atoms with E-state index in [9.17, 15) is 0 Å². The van der Waals surface area contributed by atoms with Crippen LogP contribution in [0, 0.1) is 0 Å². The molecule has 0 aliphatic carbocycles. The summed E-state index contributed by atoms with van der Waals surface area (Å²) in [5.74, 6) is 0. The fraction of sp³-hybridized carbons (Fsp3) is 0. The van der Waals surface area contributed by atoms with Crippen molar-refractivity contribution in [2.45, 2.75) is 0 Å². The van der Waals surface area contributed by atoms with Gasteiger partial charge >= 0.3 is 0 Å². The Hall–Kier alpha value is -1.03. The van der Waals surface area contributed by atoms with Crippen molar-refractivity contribution in [3.8, 4) is 0 Å². The van der Waals surface area contributed by atoms with Gasteiger partial charge in [0.15, 0.2) is 0 Å². The van der Waals surface area contributed by atoms with E-state index in [1.807, 2.05) is 24.3 Å². The van der Waals surface area contributed by atoms with E-state index >= 15 is 0 Å². The molecule has 52 valence electrons. The fourth-order valence-electron chi connectivity index (χ4n) is 0.725. The second-order valence-electron chi connectivity index (χ2n) is 1.74. The number of rotatable bonds is 0. The maximum Gasteiger partial charge on any atom is 0.105 e. The van der Waals surface area contributed by atoms with E-state index in [2.05, 4.69) is 9.59 Å². The van der Waals surface area contributed by atoms with Gasteiger partial charge in [-0.2, -0.15) is 0 Å². The molecule has 1 heterocycles. The number of hydrogen-bond donors (Lipinski definition) is 0. The van der Waals surface area contributed by atoms with Gasteiger partial charge in [-0.3, -0.25) is 4.70 Å². The van der Waals surface area contributed by atoms with Crippen molar-refractivity contribution in [1.29, 1.82) is 0 Å². The van der Waals surface area contributed by atoms with Gasteiger partial charge in [0.1, 0.15) is 5.52 Å². The zero-order chi connectivity index (χ0) is 6.10. The Labute approximate surface area is 61.0 Å². The van der Waals surface area contributed by atoms with Crippen molar-refractivity contribution in [2.24, 2.45) is 0 Å². The van der Waals surface area contributed by atoms with E-state index < -0.39 is 0 Å². The van der Waals surface area contributed by atoms with Crippen molar-refractivity contribution in [3.05, 3.63) is 24.3 Å². The summed E-state index contributed by atoms with van der Waals surface area (Å²) in [6.45, 7) is 0. The molecule has 0 amide bonds. The molecule has 0 saturated heterocycles. The molecule has 0 saturated carbocycles. The molecule has 0 unspecified atom stereocenters. The summed E-state index contributed by atoms with van der Waals surface area (Å²) < 4.78 is 4.94. The van der Waals surface area contributed by atoms with Crippen molar-refractivity contribution in [3.63, 3.8) is 0 Å². The van der Waals surface area contributed by atoms with E-state index in [0.717, 1.165) is 10.2 Å². The molecule has 0 spiro atoms. The summed E-state index contributed by atoms with van der Waals surface area (Å²) in [5.41, 5.74) is 0.988. The molecule has 2 nitrogen and oxygen atoms in total. The first kappa shape index (κ1) is 7.08. The average molecular weight is 156 g/mol. The molecule has 0 bridgehead atoms. The highest BCUT2D eigenvalue weighted by Gasteiger charge is 1.91. The molecule has 1 aromatic carbocycles. The molecular formula is C6H5FN2S. The molecule has 1 aromatic heterocycles. The lowest BCUT2D eigenvalue weighted by molar-refractivity contribution is 1.11. The van der Waals surface area contributed by atoms with Gasteiger partial charge in [0, 0.05) is 0 Å². The van der Waals surface area contributed by atoms with Crippen molar-refractivity contribution in [1.82, 2.24) is 9.59 Å². The van der Waals surface area contributed by atoms with E-state index in [0.29, 0.717) is 0 Å². The smallest absolute Gasteiger partial charge is 0.105 e.